The van der Waals surface area contributed by atoms with E-state index in [2.05, 4.69) is 29.4 Å². The van der Waals surface area contributed by atoms with Crippen molar-refractivity contribution in [1.82, 2.24) is 15.5 Å². The molecule has 0 radical (unpaired) electrons. The lowest BCUT2D eigenvalue weighted by Gasteiger charge is -2.40. The summed E-state index contributed by atoms with van der Waals surface area (Å²) in [6.45, 7) is 8.36. The number of hydrogen-bond donors (Lipinski definition) is 3. The van der Waals surface area contributed by atoms with E-state index in [0.717, 1.165) is 37.8 Å². The largest absolute Gasteiger partial charge is 0.392 e. The average molecular weight is 379 g/mol. The van der Waals surface area contributed by atoms with Crippen LogP contribution in [0.3, 0.4) is 0 Å². The normalized spacial score (nSPS) is 32.4. The summed E-state index contributed by atoms with van der Waals surface area (Å²) in [5, 5.41) is 17.5. The first kappa shape index (κ1) is 20.9. The highest BCUT2D eigenvalue weighted by molar-refractivity contribution is 5.80. The molecule has 0 amide bonds. The fourth-order valence-corrected chi connectivity index (χ4v) is 5.19. The van der Waals surface area contributed by atoms with Crippen LogP contribution in [0.4, 0.5) is 0 Å². The minimum atomic E-state index is -0.211. The lowest BCUT2D eigenvalue weighted by molar-refractivity contribution is 0.00714. The Hall–Kier alpha value is -0.810. The fourth-order valence-electron chi connectivity index (χ4n) is 5.19. The van der Waals surface area contributed by atoms with Gasteiger partial charge in [-0.05, 0) is 45.4 Å². The minimum Gasteiger partial charge on any atom is -0.392 e. The Morgan fingerprint density at radius 1 is 1.04 bits per heavy atom. The average Bonchev–Trinajstić information content (AvgIpc) is 2.70. The molecule has 0 aromatic rings. The van der Waals surface area contributed by atoms with Crippen molar-refractivity contribution >= 4 is 5.96 Å². The van der Waals surface area contributed by atoms with Crippen molar-refractivity contribution in [3.8, 4) is 0 Å². The lowest BCUT2D eigenvalue weighted by Crippen LogP contribution is -2.51. The van der Waals surface area contributed by atoms with Gasteiger partial charge in [0, 0.05) is 37.1 Å². The minimum absolute atomic E-state index is 0.0645. The van der Waals surface area contributed by atoms with Crippen LogP contribution in [0.25, 0.3) is 0 Å². The number of hydrogen-bond acceptors (Lipinski definition) is 3. The Balaban J connectivity index is 1.49. The van der Waals surface area contributed by atoms with Crippen molar-refractivity contribution in [2.24, 2.45) is 10.4 Å². The molecule has 3 fully saturated rings. The number of likely N-dealkylation sites (tertiary alicyclic amines) is 1. The topological polar surface area (TPSA) is 59.9 Å². The Labute approximate surface area is 166 Å². The molecular weight excluding hydrogens is 336 g/mol. The predicted molar refractivity (Wildman–Crippen MR) is 113 cm³/mol. The fraction of sp³-hybridized carbons (Fsp3) is 0.955. The second-order valence-corrected chi connectivity index (χ2v) is 9.36. The van der Waals surface area contributed by atoms with Crippen LogP contribution in [0.15, 0.2) is 4.99 Å². The molecule has 1 saturated heterocycles. The van der Waals surface area contributed by atoms with Gasteiger partial charge in [0.25, 0.3) is 0 Å². The maximum atomic E-state index is 10.4. The van der Waals surface area contributed by atoms with E-state index < -0.39 is 0 Å². The second kappa shape index (κ2) is 10.1. The van der Waals surface area contributed by atoms with Crippen LogP contribution in [0.5, 0.6) is 0 Å². The summed E-state index contributed by atoms with van der Waals surface area (Å²) in [7, 11) is 0. The van der Waals surface area contributed by atoms with Gasteiger partial charge in [0.2, 0.25) is 0 Å². The molecule has 156 valence electrons. The SMILES string of the molecule is CCNC(=NCC1(C)CCCCC1O)NC1CCN(C2CCCCC2)CC1. The number of guanidine groups is 1. The van der Waals surface area contributed by atoms with Gasteiger partial charge in [-0.25, -0.2) is 0 Å². The number of aliphatic hydroxyl groups is 1. The molecule has 3 rings (SSSR count). The maximum absolute atomic E-state index is 10.4. The predicted octanol–water partition coefficient (Wildman–Crippen LogP) is 3.28. The zero-order valence-electron chi connectivity index (χ0n) is 17.7. The monoisotopic (exact) mass is 378 g/mol. The molecule has 5 nitrogen and oxygen atoms in total. The summed E-state index contributed by atoms with van der Waals surface area (Å²) in [5.74, 6) is 0.938. The molecule has 5 heteroatoms. The summed E-state index contributed by atoms with van der Waals surface area (Å²) in [6, 6.07) is 1.36. The van der Waals surface area contributed by atoms with Crippen LogP contribution in [-0.4, -0.2) is 60.3 Å². The summed E-state index contributed by atoms with van der Waals surface area (Å²) in [5.41, 5.74) is -0.0645. The van der Waals surface area contributed by atoms with Crippen LogP contribution in [0.2, 0.25) is 0 Å². The van der Waals surface area contributed by atoms with Crippen molar-refractivity contribution < 1.29 is 5.11 Å². The third-order valence-electron chi connectivity index (χ3n) is 7.18. The summed E-state index contributed by atoms with van der Waals surface area (Å²) in [4.78, 5) is 7.62. The van der Waals surface area contributed by atoms with Gasteiger partial charge in [-0.1, -0.05) is 39.0 Å². The van der Waals surface area contributed by atoms with E-state index in [1.807, 2.05) is 0 Å². The Bertz CT molecular complexity index is 469. The molecule has 2 unspecified atom stereocenters. The van der Waals surface area contributed by atoms with Gasteiger partial charge in [-0.3, -0.25) is 4.99 Å². The van der Waals surface area contributed by atoms with Crippen LogP contribution >= 0.6 is 0 Å². The third-order valence-corrected chi connectivity index (χ3v) is 7.18. The number of aliphatic imine (C=N–C) groups is 1. The maximum Gasteiger partial charge on any atom is 0.191 e. The molecule has 0 bridgehead atoms. The van der Waals surface area contributed by atoms with E-state index in [-0.39, 0.29) is 11.5 Å². The van der Waals surface area contributed by atoms with E-state index in [4.69, 9.17) is 4.99 Å². The molecule has 0 spiro atoms. The molecule has 0 aromatic carbocycles. The molecule has 2 atom stereocenters. The van der Waals surface area contributed by atoms with Gasteiger partial charge in [-0.2, -0.15) is 0 Å². The second-order valence-electron chi connectivity index (χ2n) is 9.36. The Morgan fingerprint density at radius 2 is 1.74 bits per heavy atom. The van der Waals surface area contributed by atoms with Crippen molar-refractivity contribution in [3.05, 3.63) is 0 Å². The molecule has 27 heavy (non-hydrogen) atoms. The van der Waals surface area contributed by atoms with Gasteiger partial charge >= 0.3 is 0 Å². The molecule has 3 N–H and O–H groups in total. The number of rotatable bonds is 5. The highest BCUT2D eigenvalue weighted by Gasteiger charge is 2.35. The van der Waals surface area contributed by atoms with E-state index in [1.54, 1.807) is 0 Å². The van der Waals surface area contributed by atoms with Gasteiger partial charge in [0.05, 0.1) is 12.6 Å². The Kier molecular flexibility index (Phi) is 7.83. The van der Waals surface area contributed by atoms with Crippen LogP contribution in [0, 0.1) is 5.41 Å². The molecule has 2 saturated carbocycles. The van der Waals surface area contributed by atoms with E-state index in [1.165, 1.54) is 64.5 Å². The van der Waals surface area contributed by atoms with Crippen LogP contribution < -0.4 is 10.6 Å². The smallest absolute Gasteiger partial charge is 0.191 e. The summed E-state index contributed by atoms with van der Waals surface area (Å²) < 4.78 is 0. The first-order valence-electron chi connectivity index (χ1n) is 11.6. The highest BCUT2D eigenvalue weighted by atomic mass is 16.3. The highest BCUT2D eigenvalue weighted by Crippen LogP contribution is 2.36. The molecule has 0 aromatic heterocycles. The van der Waals surface area contributed by atoms with Gasteiger partial charge in [0.15, 0.2) is 5.96 Å². The van der Waals surface area contributed by atoms with Gasteiger partial charge in [0.1, 0.15) is 0 Å². The molecule has 1 heterocycles. The van der Waals surface area contributed by atoms with Crippen molar-refractivity contribution in [2.75, 3.05) is 26.2 Å². The first-order chi connectivity index (χ1) is 13.1. The number of piperidine rings is 1. The van der Waals surface area contributed by atoms with Crippen molar-refractivity contribution in [3.63, 3.8) is 0 Å². The zero-order valence-corrected chi connectivity index (χ0v) is 17.7. The molecule has 3 aliphatic rings. The van der Waals surface area contributed by atoms with Crippen LogP contribution in [0.1, 0.15) is 84.5 Å². The number of nitrogens with one attached hydrogen (secondary N) is 2. The van der Waals surface area contributed by atoms with Crippen molar-refractivity contribution in [2.45, 2.75) is 103 Å². The zero-order chi connectivity index (χ0) is 19.1. The number of aliphatic hydroxyl groups excluding tert-OH is 1. The lowest BCUT2D eigenvalue weighted by atomic mass is 9.73. The van der Waals surface area contributed by atoms with Crippen molar-refractivity contribution in [1.29, 1.82) is 0 Å². The van der Waals surface area contributed by atoms with Crippen LogP contribution in [-0.2, 0) is 0 Å². The van der Waals surface area contributed by atoms with E-state index >= 15 is 0 Å². The third kappa shape index (κ3) is 5.83. The first-order valence-corrected chi connectivity index (χ1v) is 11.6. The van der Waals surface area contributed by atoms with Gasteiger partial charge in [-0.15, -0.1) is 0 Å². The summed E-state index contributed by atoms with van der Waals surface area (Å²) in [6.07, 6.45) is 13.7. The quantitative estimate of drug-likeness (QED) is 0.507. The molecular formula is C22H42N4O. The van der Waals surface area contributed by atoms with E-state index in [9.17, 15) is 5.11 Å². The van der Waals surface area contributed by atoms with Gasteiger partial charge < -0.3 is 20.6 Å². The van der Waals surface area contributed by atoms with E-state index in [0.29, 0.717) is 12.6 Å². The number of nitrogens with zero attached hydrogens (tertiary/aromatic N) is 2. The standard InChI is InChI=1S/C22H42N4O/c1-3-23-21(24-17-22(2)14-8-7-11-20(22)27)25-18-12-15-26(16-13-18)19-9-5-4-6-10-19/h18-20,27H,3-17H2,1-2H3,(H2,23,24,25). The Morgan fingerprint density at radius 3 is 2.41 bits per heavy atom. The molecule has 1 aliphatic heterocycles. The molecule has 2 aliphatic carbocycles. The summed E-state index contributed by atoms with van der Waals surface area (Å²) >= 11 is 0.